The number of hydrogen-bond donors (Lipinski definition) is 2. The van der Waals surface area contributed by atoms with Crippen LogP contribution in [-0.2, 0) is 11.2 Å². The fourth-order valence-electron chi connectivity index (χ4n) is 2.54. The fourth-order valence-corrected chi connectivity index (χ4v) is 4.38. The third-order valence-corrected chi connectivity index (χ3v) is 5.77. The summed E-state index contributed by atoms with van der Waals surface area (Å²) >= 11 is 8.54. The molecule has 29 heavy (non-hydrogen) atoms. The second-order valence-electron chi connectivity index (χ2n) is 5.93. The highest BCUT2D eigenvalue weighted by Gasteiger charge is 2.13. The minimum absolute atomic E-state index is 0.0127. The monoisotopic (exact) mass is 445 g/mol. The molecule has 0 bridgehead atoms. The molecular weight excluding hydrogens is 434 g/mol. The summed E-state index contributed by atoms with van der Waals surface area (Å²) in [4.78, 5) is 31.4. The standard InChI is InChI=1S/C18H12ClN5O3S2/c19-10-2-1-3-11(6-10)20-17-21-12(9-28-17)7-16(25)23-18-22-14-5-4-13(24(26)27)8-15(14)29-18/h1-6,8-9H,7H2,(H,20,21)(H,22,23,25). The summed E-state index contributed by atoms with van der Waals surface area (Å²) in [6, 6.07) is 11.7. The molecule has 0 aliphatic rings. The fraction of sp³-hybridized carbons (Fsp3) is 0.0556. The number of benzene rings is 2. The number of rotatable bonds is 6. The summed E-state index contributed by atoms with van der Waals surface area (Å²) < 4.78 is 0.635. The number of amides is 1. The zero-order valence-corrected chi connectivity index (χ0v) is 17.0. The van der Waals surface area contributed by atoms with Crippen LogP contribution in [0, 0.1) is 10.1 Å². The lowest BCUT2D eigenvalue weighted by Gasteiger charge is -2.02. The number of thiazole rings is 2. The zero-order valence-electron chi connectivity index (χ0n) is 14.6. The van der Waals surface area contributed by atoms with Gasteiger partial charge in [0, 0.05) is 28.2 Å². The summed E-state index contributed by atoms with van der Waals surface area (Å²) in [5.74, 6) is -0.266. The number of nitro benzene ring substituents is 1. The first-order valence-electron chi connectivity index (χ1n) is 8.28. The molecule has 0 unspecified atom stereocenters. The van der Waals surface area contributed by atoms with Gasteiger partial charge in [-0.2, -0.15) is 0 Å². The number of anilines is 3. The normalized spacial score (nSPS) is 10.8. The highest BCUT2D eigenvalue weighted by molar-refractivity contribution is 7.22. The molecule has 2 heterocycles. The van der Waals surface area contributed by atoms with E-state index in [0.717, 1.165) is 5.69 Å². The van der Waals surface area contributed by atoms with Crippen LogP contribution in [0.1, 0.15) is 5.69 Å². The number of nitrogens with zero attached hydrogens (tertiary/aromatic N) is 3. The van der Waals surface area contributed by atoms with E-state index in [1.165, 1.54) is 34.8 Å². The molecule has 2 aromatic carbocycles. The summed E-state index contributed by atoms with van der Waals surface area (Å²) in [5.41, 5.74) is 2.01. The number of hydrogen-bond acceptors (Lipinski definition) is 8. The molecule has 0 aliphatic carbocycles. The van der Waals surface area contributed by atoms with Crippen molar-refractivity contribution in [1.29, 1.82) is 0 Å². The van der Waals surface area contributed by atoms with E-state index in [1.54, 1.807) is 23.6 Å². The molecule has 0 saturated carbocycles. The maximum absolute atomic E-state index is 12.3. The number of nitro groups is 1. The molecular formula is C18H12ClN5O3S2. The average molecular weight is 446 g/mol. The van der Waals surface area contributed by atoms with Gasteiger partial charge in [-0.25, -0.2) is 9.97 Å². The molecule has 0 atom stereocenters. The van der Waals surface area contributed by atoms with Crippen molar-refractivity contribution in [2.45, 2.75) is 6.42 Å². The lowest BCUT2D eigenvalue weighted by molar-refractivity contribution is -0.384. The lowest BCUT2D eigenvalue weighted by Crippen LogP contribution is -2.14. The van der Waals surface area contributed by atoms with Crippen molar-refractivity contribution in [2.24, 2.45) is 0 Å². The third kappa shape index (κ3) is 4.67. The Morgan fingerprint density at radius 1 is 1.17 bits per heavy atom. The third-order valence-electron chi connectivity index (χ3n) is 3.80. The molecule has 0 aliphatic heterocycles. The summed E-state index contributed by atoms with van der Waals surface area (Å²) in [6.45, 7) is 0. The first kappa shape index (κ1) is 19.2. The number of halogens is 1. The van der Waals surface area contributed by atoms with Crippen molar-refractivity contribution in [2.75, 3.05) is 10.6 Å². The Balaban J connectivity index is 1.40. The number of non-ortho nitro benzene ring substituents is 1. The van der Waals surface area contributed by atoms with Crippen molar-refractivity contribution < 1.29 is 9.72 Å². The molecule has 8 nitrogen and oxygen atoms in total. The van der Waals surface area contributed by atoms with E-state index in [2.05, 4.69) is 20.6 Å². The molecule has 4 aromatic rings. The molecule has 2 aromatic heterocycles. The van der Waals surface area contributed by atoms with Gasteiger partial charge in [0.05, 0.1) is 27.3 Å². The summed E-state index contributed by atoms with van der Waals surface area (Å²) in [7, 11) is 0. The zero-order chi connectivity index (χ0) is 20.4. The second-order valence-corrected chi connectivity index (χ2v) is 8.26. The van der Waals surface area contributed by atoms with Gasteiger partial charge in [0.2, 0.25) is 5.91 Å². The molecule has 4 rings (SSSR count). The number of nitrogens with one attached hydrogen (secondary N) is 2. The molecule has 0 fully saturated rings. The van der Waals surface area contributed by atoms with Crippen LogP contribution in [0.4, 0.5) is 21.6 Å². The lowest BCUT2D eigenvalue weighted by atomic mass is 10.3. The van der Waals surface area contributed by atoms with Crippen LogP contribution >= 0.6 is 34.3 Å². The molecule has 11 heteroatoms. The van der Waals surface area contributed by atoms with Gasteiger partial charge in [-0.05, 0) is 24.3 Å². The van der Waals surface area contributed by atoms with Gasteiger partial charge < -0.3 is 10.6 Å². The summed E-state index contributed by atoms with van der Waals surface area (Å²) in [5, 5.41) is 20.2. The number of carbonyl (C=O) groups is 1. The molecule has 146 valence electrons. The number of aromatic nitrogens is 2. The second kappa shape index (κ2) is 8.11. The predicted molar refractivity (Wildman–Crippen MR) is 115 cm³/mol. The van der Waals surface area contributed by atoms with Gasteiger partial charge in [0.25, 0.3) is 5.69 Å². The Bertz CT molecular complexity index is 1220. The predicted octanol–water partition coefficient (Wildman–Crippen LogP) is 5.24. The average Bonchev–Trinajstić information content (AvgIpc) is 3.26. The van der Waals surface area contributed by atoms with Crippen LogP contribution in [0.2, 0.25) is 5.02 Å². The van der Waals surface area contributed by atoms with Gasteiger partial charge in [0.1, 0.15) is 0 Å². The van der Waals surface area contributed by atoms with Crippen molar-refractivity contribution in [3.8, 4) is 0 Å². The van der Waals surface area contributed by atoms with E-state index in [4.69, 9.17) is 11.6 Å². The highest BCUT2D eigenvalue weighted by atomic mass is 35.5. The van der Waals surface area contributed by atoms with E-state index in [9.17, 15) is 14.9 Å². The largest absolute Gasteiger partial charge is 0.331 e. The van der Waals surface area contributed by atoms with Crippen LogP contribution < -0.4 is 10.6 Å². The Kier molecular flexibility index (Phi) is 5.38. The first-order chi connectivity index (χ1) is 14.0. The van der Waals surface area contributed by atoms with Crippen LogP contribution in [0.5, 0.6) is 0 Å². The van der Waals surface area contributed by atoms with Crippen molar-refractivity contribution >= 4 is 72.0 Å². The summed E-state index contributed by atoms with van der Waals surface area (Å²) in [6.07, 6.45) is 0.0871. The van der Waals surface area contributed by atoms with Gasteiger partial charge in [0.15, 0.2) is 10.3 Å². The number of fused-ring (bicyclic) bond motifs is 1. The Morgan fingerprint density at radius 3 is 2.83 bits per heavy atom. The van der Waals surface area contributed by atoms with E-state index in [1.807, 2.05) is 12.1 Å². The molecule has 2 N–H and O–H groups in total. The van der Waals surface area contributed by atoms with Crippen molar-refractivity contribution in [3.63, 3.8) is 0 Å². The SMILES string of the molecule is O=C(Cc1csc(Nc2cccc(Cl)c2)n1)Nc1nc2ccc([N+](=O)[O-])cc2s1. The van der Waals surface area contributed by atoms with Crippen molar-refractivity contribution in [3.05, 3.63) is 68.7 Å². The van der Waals surface area contributed by atoms with Crippen LogP contribution in [0.3, 0.4) is 0 Å². The minimum Gasteiger partial charge on any atom is -0.331 e. The number of carbonyl (C=O) groups excluding carboxylic acids is 1. The van der Waals surface area contributed by atoms with Crippen LogP contribution in [0.25, 0.3) is 10.2 Å². The molecule has 1 amide bonds. The van der Waals surface area contributed by atoms with E-state index in [0.29, 0.717) is 31.2 Å². The van der Waals surface area contributed by atoms with Gasteiger partial charge in [-0.3, -0.25) is 14.9 Å². The minimum atomic E-state index is -0.464. The first-order valence-corrected chi connectivity index (χ1v) is 10.4. The van der Waals surface area contributed by atoms with E-state index < -0.39 is 4.92 Å². The van der Waals surface area contributed by atoms with Crippen LogP contribution in [-0.4, -0.2) is 20.8 Å². The Morgan fingerprint density at radius 2 is 2.03 bits per heavy atom. The molecule has 0 spiro atoms. The maximum atomic E-state index is 12.3. The van der Waals surface area contributed by atoms with E-state index >= 15 is 0 Å². The highest BCUT2D eigenvalue weighted by Crippen LogP contribution is 2.29. The topological polar surface area (TPSA) is 110 Å². The molecule has 0 radical (unpaired) electrons. The van der Waals surface area contributed by atoms with Gasteiger partial charge in [-0.15, -0.1) is 11.3 Å². The quantitative estimate of drug-likeness (QED) is 0.310. The molecule has 0 saturated heterocycles. The Labute approximate surface area is 177 Å². The van der Waals surface area contributed by atoms with Crippen LogP contribution in [0.15, 0.2) is 47.8 Å². The van der Waals surface area contributed by atoms with Crippen molar-refractivity contribution in [1.82, 2.24) is 9.97 Å². The van der Waals surface area contributed by atoms with E-state index in [-0.39, 0.29) is 18.0 Å². The van der Waals surface area contributed by atoms with Gasteiger partial charge >= 0.3 is 0 Å². The Hall–Kier alpha value is -3.08. The smallest absolute Gasteiger partial charge is 0.270 e. The van der Waals surface area contributed by atoms with Gasteiger partial charge in [-0.1, -0.05) is 29.0 Å². The maximum Gasteiger partial charge on any atom is 0.270 e.